The van der Waals surface area contributed by atoms with Crippen LogP contribution in [0.15, 0.2) is 6.07 Å². The highest BCUT2D eigenvalue weighted by Gasteiger charge is 2.07. The Morgan fingerprint density at radius 2 is 1.62 bits per heavy atom. The Kier molecular flexibility index (Phi) is 4.25. The molecule has 0 amide bonds. The van der Waals surface area contributed by atoms with E-state index >= 15 is 0 Å². The first-order chi connectivity index (χ1) is 7.43. The van der Waals surface area contributed by atoms with Crippen molar-refractivity contribution in [2.24, 2.45) is 0 Å². The fourth-order valence-corrected chi connectivity index (χ4v) is 1.93. The van der Waals surface area contributed by atoms with Gasteiger partial charge in [-0.15, -0.1) is 0 Å². The fraction of sp³-hybridized carbons (Fsp3) is 0.500. The fourth-order valence-electron chi connectivity index (χ4n) is 1.93. The van der Waals surface area contributed by atoms with Crippen LogP contribution in [0.5, 0.6) is 0 Å². The van der Waals surface area contributed by atoms with Crippen LogP contribution in [0.2, 0.25) is 0 Å². The van der Waals surface area contributed by atoms with Crippen LogP contribution in [0.1, 0.15) is 34.7 Å². The Bertz CT molecular complexity index is 381. The molecule has 0 spiro atoms. The lowest BCUT2D eigenvalue weighted by atomic mass is 9.94. The van der Waals surface area contributed by atoms with E-state index in [9.17, 15) is 4.79 Å². The van der Waals surface area contributed by atoms with Gasteiger partial charge in [0.25, 0.3) is 0 Å². The van der Waals surface area contributed by atoms with Crippen molar-refractivity contribution in [1.29, 1.82) is 0 Å². The normalized spacial score (nSPS) is 10.6. The summed E-state index contributed by atoms with van der Waals surface area (Å²) >= 11 is 0. The summed E-state index contributed by atoms with van der Waals surface area (Å²) in [5, 5.41) is 3.19. The van der Waals surface area contributed by atoms with Crippen molar-refractivity contribution in [1.82, 2.24) is 5.32 Å². The first-order valence-electron chi connectivity index (χ1n) is 5.70. The van der Waals surface area contributed by atoms with Gasteiger partial charge in [-0.1, -0.05) is 6.07 Å². The molecular formula is C14H21NO. The number of carbonyl (C=O) groups excluding carboxylic acids is 1. The maximum absolute atomic E-state index is 10.9. The molecule has 0 saturated heterocycles. The van der Waals surface area contributed by atoms with Crippen LogP contribution >= 0.6 is 0 Å². The maximum atomic E-state index is 10.9. The number of nitrogens with one attached hydrogen (secondary N) is 1. The van der Waals surface area contributed by atoms with Crippen molar-refractivity contribution >= 4 is 5.78 Å². The van der Waals surface area contributed by atoms with E-state index in [0.29, 0.717) is 6.54 Å². The van der Waals surface area contributed by atoms with E-state index in [4.69, 9.17) is 0 Å². The molecule has 0 fully saturated rings. The van der Waals surface area contributed by atoms with Gasteiger partial charge in [0.1, 0.15) is 5.78 Å². The van der Waals surface area contributed by atoms with E-state index < -0.39 is 0 Å². The third kappa shape index (κ3) is 2.92. The molecule has 0 aromatic heterocycles. The van der Waals surface area contributed by atoms with Gasteiger partial charge >= 0.3 is 0 Å². The quantitative estimate of drug-likeness (QED) is 0.843. The molecule has 1 aromatic carbocycles. The Hall–Kier alpha value is -1.15. The maximum Gasteiger partial charge on any atom is 0.143 e. The molecule has 2 heteroatoms. The van der Waals surface area contributed by atoms with Gasteiger partial charge in [-0.25, -0.2) is 0 Å². The van der Waals surface area contributed by atoms with E-state index in [2.05, 4.69) is 39.1 Å². The second-order valence-corrected chi connectivity index (χ2v) is 4.54. The number of aryl methyl sites for hydroxylation is 2. The van der Waals surface area contributed by atoms with Crippen molar-refractivity contribution in [3.8, 4) is 0 Å². The van der Waals surface area contributed by atoms with Gasteiger partial charge in [0.15, 0.2) is 0 Å². The van der Waals surface area contributed by atoms with Crippen LogP contribution in [0.3, 0.4) is 0 Å². The molecule has 0 bridgehead atoms. The summed E-state index contributed by atoms with van der Waals surface area (Å²) in [6.07, 6.45) is 0. The molecule has 0 atom stereocenters. The zero-order valence-corrected chi connectivity index (χ0v) is 10.9. The lowest BCUT2D eigenvalue weighted by Crippen LogP contribution is -2.21. The second kappa shape index (κ2) is 5.26. The van der Waals surface area contributed by atoms with Crippen molar-refractivity contribution in [2.75, 3.05) is 6.54 Å². The summed E-state index contributed by atoms with van der Waals surface area (Å²) in [5.41, 5.74) is 6.64. The summed E-state index contributed by atoms with van der Waals surface area (Å²) < 4.78 is 0. The Labute approximate surface area is 98.1 Å². The molecule has 88 valence electrons. The molecule has 0 radical (unpaired) electrons. The average molecular weight is 219 g/mol. The van der Waals surface area contributed by atoms with Gasteiger partial charge in [-0.3, -0.25) is 4.79 Å². The first-order valence-corrected chi connectivity index (χ1v) is 5.70. The minimum absolute atomic E-state index is 0.180. The smallest absolute Gasteiger partial charge is 0.143 e. The molecule has 0 aliphatic carbocycles. The van der Waals surface area contributed by atoms with Gasteiger partial charge in [0, 0.05) is 6.54 Å². The lowest BCUT2D eigenvalue weighted by molar-refractivity contribution is -0.116. The van der Waals surface area contributed by atoms with Crippen LogP contribution in [-0.2, 0) is 11.3 Å². The number of ketones is 1. The van der Waals surface area contributed by atoms with Crippen molar-refractivity contribution in [3.63, 3.8) is 0 Å². The number of hydrogen-bond acceptors (Lipinski definition) is 2. The van der Waals surface area contributed by atoms with Crippen molar-refractivity contribution in [2.45, 2.75) is 41.2 Å². The molecule has 0 aliphatic rings. The molecule has 1 N–H and O–H groups in total. The highest BCUT2D eigenvalue weighted by molar-refractivity contribution is 5.77. The number of rotatable bonds is 4. The molecule has 1 aromatic rings. The van der Waals surface area contributed by atoms with E-state index in [-0.39, 0.29) is 5.78 Å². The molecule has 1 rings (SSSR count). The van der Waals surface area contributed by atoms with Crippen LogP contribution in [0, 0.1) is 27.7 Å². The summed E-state index contributed by atoms with van der Waals surface area (Å²) in [4.78, 5) is 10.9. The topological polar surface area (TPSA) is 29.1 Å². The van der Waals surface area contributed by atoms with E-state index in [0.717, 1.165) is 6.54 Å². The highest BCUT2D eigenvalue weighted by atomic mass is 16.1. The number of hydrogen-bond donors (Lipinski definition) is 1. The summed E-state index contributed by atoms with van der Waals surface area (Å²) in [6.45, 7) is 11.4. The van der Waals surface area contributed by atoms with Crippen molar-refractivity contribution in [3.05, 3.63) is 33.9 Å². The van der Waals surface area contributed by atoms with E-state index in [1.54, 1.807) is 6.92 Å². The predicted molar refractivity (Wildman–Crippen MR) is 67.8 cm³/mol. The molecule has 16 heavy (non-hydrogen) atoms. The molecular weight excluding hydrogens is 198 g/mol. The highest BCUT2D eigenvalue weighted by Crippen LogP contribution is 2.21. The van der Waals surface area contributed by atoms with Gasteiger partial charge in [0.2, 0.25) is 0 Å². The lowest BCUT2D eigenvalue weighted by Gasteiger charge is -2.15. The minimum Gasteiger partial charge on any atom is -0.306 e. The Morgan fingerprint density at radius 1 is 1.12 bits per heavy atom. The number of Topliss-reactive ketones (excluding diaryl/α,β-unsaturated/α-hetero) is 1. The minimum atomic E-state index is 0.180. The van der Waals surface area contributed by atoms with Gasteiger partial charge in [-0.2, -0.15) is 0 Å². The van der Waals surface area contributed by atoms with Crippen LogP contribution in [0.4, 0.5) is 0 Å². The zero-order chi connectivity index (χ0) is 12.3. The monoisotopic (exact) mass is 219 g/mol. The summed E-state index contributed by atoms with van der Waals surface area (Å²) in [5.74, 6) is 0.180. The molecule has 0 unspecified atom stereocenters. The van der Waals surface area contributed by atoms with Crippen LogP contribution in [0.25, 0.3) is 0 Å². The predicted octanol–water partition coefficient (Wildman–Crippen LogP) is 2.60. The number of carbonyl (C=O) groups is 1. The van der Waals surface area contributed by atoms with Gasteiger partial charge in [0.05, 0.1) is 6.54 Å². The van der Waals surface area contributed by atoms with Gasteiger partial charge in [-0.05, 0) is 62.4 Å². The Balaban J connectivity index is 2.90. The second-order valence-electron chi connectivity index (χ2n) is 4.54. The van der Waals surface area contributed by atoms with Crippen LogP contribution in [-0.4, -0.2) is 12.3 Å². The zero-order valence-electron chi connectivity index (χ0n) is 10.9. The SMILES string of the molecule is CC(=O)CNCc1c(C)c(C)cc(C)c1C. The largest absolute Gasteiger partial charge is 0.306 e. The van der Waals surface area contributed by atoms with E-state index in [1.165, 1.54) is 27.8 Å². The number of benzene rings is 1. The summed E-state index contributed by atoms with van der Waals surface area (Å²) in [6, 6.07) is 2.22. The third-order valence-electron chi connectivity index (χ3n) is 3.20. The van der Waals surface area contributed by atoms with Crippen molar-refractivity contribution < 1.29 is 4.79 Å². The molecule has 0 aliphatic heterocycles. The molecule has 2 nitrogen and oxygen atoms in total. The van der Waals surface area contributed by atoms with Gasteiger partial charge < -0.3 is 5.32 Å². The standard InChI is InChI=1S/C14H21NO/c1-9-6-10(2)13(5)14(12(9)4)8-15-7-11(3)16/h6,15H,7-8H2,1-5H3. The third-order valence-corrected chi connectivity index (χ3v) is 3.20. The van der Waals surface area contributed by atoms with Crippen LogP contribution < -0.4 is 5.32 Å². The Morgan fingerprint density at radius 3 is 2.06 bits per heavy atom. The summed E-state index contributed by atoms with van der Waals surface area (Å²) in [7, 11) is 0. The molecule has 0 saturated carbocycles. The average Bonchev–Trinajstić information content (AvgIpc) is 2.20. The molecule has 0 heterocycles. The van der Waals surface area contributed by atoms with E-state index in [1.807, 2.05) is 0 Å². The first kappa shape index (κ1) is 12.9.